The van der Waals surface area contributed by atoms with E-state index in [-0.39, 0.29) is 17.0 Å². The molecule has 4 aromatic heterocycles. The van der Waals surface area contributed by atoms with Gasteiger partial charge in [-0.05, 0) is 36.5 Å². The molecule has 1 fully saturated rings. The van der Waals surface area contributed by atoms with Crippen LogP contribution in [0.1, 0.15) is 57.0 Å². The van der Waals surface area contributed by atoms with Gasteiger partial charge in [0.05, 0.1) is 28.5 Å². The molecule has 204 valence electrons. The van der Waals surface area contributed by atoms with Crippen molar-refractivity contribution in [2.24, 2.45) is 10.4 Å². The third-order valence-electron chi connectivity index (χ3n) is 7.50. The lowest BCUT2D eigenvalue weighted by atomic mass is 9.92. The van der Waals surface area contributed by atoms with Crippen molar-refractivity contribution in [1.82, 2.24) is 24.9 Å². The number of aliphatic imine (C=N–C) groups is 1. The average Bonchev–Trinajstić information content (AvgIpc) is 3.46. The van der Waals surface area contributed by atoms with Gasteiger partial charge in [-0.3, -0.25) is 24.7 Å². The number of fused-ring (bicyclic) bond motifs is 3. The summed E-state index contributed by atoms with van der Waals surface area (Å²) in [5, 5.41) is 2.88. The van der Waals surface area contributed by atoms with Crippen molar-refractivity contribution in [3.05, 3.63) is 90.2 Å². The Morgan fingerprint density at radius 2 is 1.88 bits per heavy atom. The summed E-state index contributed by atoms with van der Waals surface area (Å²) in [6, 6.07) is 11.5. The van der Waals surface area contributed by atoms with E-state index in [4.69, 9.17) is 9.98 Å². The zero-order chi connectivity index (χ0) is 28.4. The highest BCUT2D eigenvalue weighted by atomic mass is 19.1. The van der Waals surface area contributed by atoms with Crippen LogP contribution in [-0.4, -0.2) is 36.5 Å². The summed E-state index contributed by atoms with van der Waals surface area (Å²) in [6.07, 6.45) is 10.4. The van der Waals surface area contributed by atoms with E-state index < -0.39 is 11.4 Å². The van der Waals surface area contributed by atoms with Crippen molar-refractivity contribution in [2.45, 2.75) is 45.6 Å². The molecule has 7 rings (SSSR count). The van der Waals surface area contributed by atoms with Crippen LogP contribution in [0.2, 0.25) is 0 Å². The molecule has 2 aliphatic rings. The highest BCUT2D eigenvalue weighted by Gasteiger charge is 2.52. The first-order valence-electron chi connectivity index (χ1n) is 13.6. The third kappa shape index (κ3) is 4.47. The van der Waals surface area contributed by atoms with Crippen LogP contribution in [0, 0.1) is 11.2 Å². The highest BCUT2D eigenvalue weighted by Crippen LogP contribution is 2.55. The first-order chi connectivity index (χ1) is 19.7. The molecular formula is C32H28FN7O. The molecule has 0 radical (unpaired) electrons. The molecule has 1 aliphatic carbocycles. The number of rotatable bonds is 5. The highest BCUT2D eigenvalue weighted by molar-refractivity contribution is 6.16. The number of imidazole rings is 1. The van der Waals surface area contributed by atoms with Crippen molar-refractivity contribution in [2.75, 3.05) is 5.32 Å². The lowest BCUT2D eigenvalue weighted by Gasteiger charge is -2.17. The minimum absolute atomic E-state index is 0.125. The Morgan fingerprint density at radius 3 is 2.63 bits per heavy atom. The Kier molecular flexibility index (Phi) is 5.61. The van der Waals surface area contributed by atoms with E-state index in [0.717, 1.165) is 40.6 Å². The topological polar surface area (TPSA) is 109 Å². The maximum atomic E-state index is 16.5. The molecule has 9 heteroatoms. The molecule has 0 atom stereocenters. The number of halogens is 1. The molecule has 0 unspecified atom stereocenters. The zero-order valence-corrected chi connectivity index (χ0v) is 23.0. The standard InChI is InChI=1S/C32H28FN7O/c1-31(2,3)13-24(41)37-20-12-19(15-35-16-20)27-26(33)25-22(17-36-27)32(9-10-32)40-29(25)30-38-23-8-4-7-21(28(23)39-30)18-6-5-11-34-14-18/h4-8,11-12,14-17H,9-10,13H2,1-3H3,(H,37,41)(H,38,39). The number of para-hydroxylation sites is 1. The van der Waals surface area contributed by atoms with Crippen LogP contribution >= 0.6 is 0 Å². The summed E-state index contributed by atoms with van der Waals surface area (Å²) in [5.41, 5.74) is 5.68. The van der Waals surface area contributed by atoms with Gasteiger partial charge in [0, 0.05) is 59.0 Å². The van der Waals surface area contributed by atoms with Gasteiger partial charge in [-0.15, -0.1) is 0 Å². The number of H-pyrrole nitrogens is 1. The Bertz CT molecular complexity index is 1870. The lowest BCUT2D eigenvalue weighted by Crippen LogP contribution is -2.19. The fourth-order valence-corrected chi connectivity index (χ4v) is 5.50. The number of amides is 1. The van der Waals surface area contributed by atoms with Crippen molar-refractivity contribution in [3.63, 3.8) is 0 Å². The van der Waals surface area contributed by atoms with Gasteiger partial charge < -0.3 is 10.3 Å². The van der Waals surface area contributed by atoms with Gasteiger partial charge in [0.15, 0.2) is 11.6 Å². The van der Waals surface area contributed by atoms with E-state index in [9.17, 15) is 4.79 Å². The number of carbonyl (C=O) groups is 1. The molecule has 2 N–H and O–H groups in total. The molecule has 5 heterocycles. The normalized spacial score (nSPS) is 15.2. The van der Waals surface area contributed by atoms with Crippen LogP contribution in [0.3, 0.4) is 0 Å². The molecule has 1 aromatic carbocycles. The van der Waals surface area contributed by atoms with E-state index in [1.54, 1.807) is 37.1 Å². The van der Waals surface area contributed by atoms with Crippen LogP contribution < -0.4 is 5.32 Å². The SMILES string of the molecule is CC(C)(C)CC(=O)Nc1cncc(-c2ncc3c(c2F)C(c2nc4c(-c5cccnc5)cccc4[nH]2)=NC32CC2)c1. The first kappa shape index (κ1) is 25.2. The summed E-state index contributed by atoms with van der Waals surface area (Å²) in [7, 11) is 0. The number of anilines is 1. The monoisotopic (exact) mass is 545 g/mol. The smallest absolute Gasteiger partial charge is 0.224 e. The summed E-state index contributed by atoms with van der Waals surface area (Å²) in [5.74, 6) is -0.0869. The van der Waals surface area contributed by atoms with Crippen molar-refractivity contribution in [3.8, 4) is 22.4 Å². The molecule has 8 nitrogen and oxygen atoms in total. The number of carbonyl (C=O) groups excluding carboxylic acids is 1. The van der Waals surface area contributed by atoms with E-state index in [1.807, 2.05) is 51.1 Å². The molecule has 5 aromatic rings. The second-order valence-electron chi connectivity index (χ2n) is 12.0. The molecule has 0 saturated heterocycles. The van der Waals surface area contributed by atoms with Gasteiger partial charge in [-0.2, -0.15) is 0 Å². The average molecular weight is 546 g/mol. The number of nitrogens with zero attached hydrogens (tertiary/aromatic N) is 5. The minimum Gasteiger partial charge on any atom is -0.337 e. The van der Waals surface area contributed by atoms with Gasteiger partial charge in [-0.25, -0.2) is 9.37 Å². The second kappa shape index (κ2) is 9.12. The van der Waals surface area contributed by atoms with Crippen molar-refractivity contribution >= 4 is 28.3 Å². The molecule has 41 heavy (non-hydrogen) atoms. The van der Waals surface area contributed by atoms with Crippen molar-refractivity contribution < 1.29 is 9.18 Å². The van der Waals surface area contributed by atoms with Gasteiger partial charge >= 0.3 is 0 Å². The molecule has 1 saturated carbocycles. The van der Waals surface area contributed by atoms with E-state index in [1.165, 1.54) is 0 Å². The molecular weight excluding hydrogens is 517 g/mol. The van der Waals surface area contributed by atoms with Gasteiger partial charge in [0.2, 0.25) is 5.91 Å². The number of aromatic amines is 1. The van der Waals surface area contributed by atoms with Crippen LogP contribution in [0.5, 0.6) is 0 Å². The summed E-state index contributed by atoms with van der Waals surface area (Å²) >= 11 is 0. The minimum atomic E-state index is -0.474. The Hall–Kier alpha value is -4.79. The van der Waals surface area contributed by atoms with Crippen LogP contribution in [0.4, 0.5) is 10.1 Å². The second-order valence-corrected chi connectivity index (χ2v) is 12.0. The fraction of sp³-hybridized carbons (Fsp3) is 0.250. The van der Waals surface area contributed by atoms with E-state index in [2.05, 4.69) is 25.3 Å². The maximum absolute atomic E-state index is 16.5. The van der Waals surface area contributed by atoms with Crippen LogP contribution in [0.25, 0.3) is 33.4 Å². The third-order valence-corrected chi connectivity index (χ3v) is 7.50. The lowest BCUT2D eigenvalue weighted by molar-refractivity contribution is -0.117. The van der Waals surface area contributed by atoms with Crippen molar-refractivity contribution in [1.29, 1.82) is 0 Å². The predicted molar refractivity (Wildman–Crippen MR) is 156 cm³/mol. The number of benzene rings is 1. The van der Waals surface area contributed by atoms with Crippen LogP contribution in [-0.2, 0) is 10.3 Å². The number of hydrogen-bond donors (Lipinski definition) is 2. The largest absolute Gasteiger partial charge is 0.337 e. The number of aromatic nitrogens is 5. The predicted octanol–water partition coefficient (Wildman–Crippen LogP) is 6.44. The Balaban J connectivity index is 1.29. The number of hydrogen-bond acceptors (Lipinski definition) is 6. The fourth-order valence-electron chi connectivity index (χ4n) is 5.50. The van der Waals surface area contributed by atoms with Crippen LogP contribution in [0.15, 0.2) is 72.4 Å². The summed E-state index contributed by atoms with van der Waals surface area (Å²) in [4.78, 5) is 38.8. The molecule has 0 bridgehead atoms. The quantitative estimate of drug-likeness (QED) is 0.264. The van der Waals surface area contributed by atoms with Gasteiger partial charge in [-0.1, -0.05) is 39.0 Å². The molecule has 1 aliphatic heterocycles. The Labute approximate surface area is 236 Å². The van der Waals surface area contributed by atoms with E-state index in [0.29, 0.717) is 34.8 Å². The summed E-state index contributed by atoms with van der Waals surface area (Å²) < 4.78 is 16.5. The van der Waals surface area contributed by atoms with E-state index >= 15 is 4.39 Å². The zero-order valence-electron chi connectivity index (χ0n) is 23.0. The molecule has 1 amide bonds. The van der Waals surface area contributed by atoms with Gasteiger partial charge in [0.1, 0.15) is 11.4 Å². The maximum Gasteiger partial charge on any atom is 0.224 e. The number of nitrogens with one attached hydrogen (secondary N) is 2. The number of pyridine rings is 3. The van der Waals surface area contributed by atoms with Gasteiger partial charge in [0.25, 0.3) is 0 Å². The summed E-state index contributed by atoms with van der Waals surface area (Å²) in [6.45, 7) is 6.00. The molecule has 1 spiro atoms. The first-order valence-corrected chi connectivity index (χ1v) is 13.6. The Morgan fingerprint density at radius 1 is 1.05 bits per heavy atom.